The van der Waals surface area contributed by atoms with Crippen LogP contribution in [0, 0.1) is 0 Å². The zero-order chi connectivity index (χ0) is 14.3. The van der Waals surface area contributed by atoms with Crippen LogP contribution in [0.15, 0.2) is 30.3 Å². The number of carbonyl (C=O) groups excluding carboxylic acids is 2. The fourth-order valence-corrected chi connectivity index (χ4v) is 4.38. The average molecular weight is 291 g/mol. The first-order valence-electron chi connectivity index (χ1n) is 6.68. The lowest BCUT2D eigenvalue weighted by Gasteiger charge is -2.37. The first kappa shape index (κ1) is 13.5. The molecule has 0 N–H and O–H groups in total. The standard InChI is InChI=1S/C15H17NO3S/c1-15(2)13(16-11(17)8-12(16)20-15)14(18)19-9-10-6-4-3-5-7-10/h3-7,12-13H,8-9H2,1-2H3/t12-,13?/m1/s1. The molecule has 0 radical (unpaired) electrons. The number of ether oxygens (including phenoxy) is 1. The fraction of sp³-hybridized carbons (Fsp3) is 0.467. The average Bonchev–Trinajstić information content (AvgIpc) is 2.64. The second-order valence-electron chi connectivity index (χ2n) is 5.68. The van der Waals surface area contributed by atoms with Crippen LogP contribution in [0.5, 0.6) is 0 Å². The smallest absolute Gasteiger partial charge is 0.330 e. The molecule has 0 saturated carbocycles. The van der Waals surface area contributed by atoms with Crippen LogP contribution >= 0.6 is 11.8 Å². The van der Waals surface area contributed by atoms with E-state index in [4.69, 9.17) is 4.74 Å². The maximum absolute atomic E-state index is 12.3. The van der Waals surface area contributed by atoms with Gasteiger partial charge in [-0.05, 0) is 19.4 Å². The van der Waals surface area contributed by atoms with Crippen molar-refractivity contribution in [3.8, 4) is 0 Å². The summed E-state index contributed by atoms with van der Waals surface area (Å²) in [6.07, 6.45) is 0.538. The van der Waals surface area contributed by atoms with Crippen LogP contribution < -0.4 is 0 Å². The molecule has 2 heterocycles. The molecule has 0 spiro atoms. The van der Waals surface area contributed by atoms with Gasteiger partial charge in [-0.3, -0.25) is 4.79 Å². The Bertz CT molecular complexity index is 543. The maximum Gasteiger partial charge on any atom is 0.330 e. The molecule has 2 saturated heterocycles. The highest BCUT2D eigenvalue weighted by Crippen LogP contribution is 2.50. The number of rotatable bonds is 3. The molecule has 2 aliphatic rings. The van der Waals surface area contributed by atoms with E-state index in [9.17, 15) is 9.59 Å². The molecule has 106 valence electrons. The summed E-state index contributed by atoms with van der Waals surface area (Å²) in [7, 11) is 0. The van der Waals surface area contributed by atoms with Crippen molar-refractivity contribution in [3.63, 3.8) is 0 Å². The van der Waals surface area contributed by atoms with E-state index >= 15 is 0 Å². The fourth-order valence-electron chi connectivity index (χ4n) is 2.77. The zero-order valence-electron chi connectivity index (χ0n) is 11.5. The van der Waals surface area contributed by atoms with Crippen molar-refractivity contribution in [3.05, 3.63) is 35.9 Å². The van der Waals surface area contributed by atoms with E-state index in [-0.39, 0.29) is 28.6 Å². The van der Waals surface area contributed by atoms with Gasteiger partial charge in [0, 0.05) is 4.75 Å². The van der Waals surface area contributed by atoms with Gasteiger partial charge in [0.2, 0.25) is 5.91 Å². The molecule has 0 aromatic heterocycles. The topological polar surface area (TPSA) is 46.6 Å². The van der Waals surface area contributed by atoms with E-state index in [2.05, 4.69) is 0 Å². The molecular weight excluding hydrogens is 274 g/mol. The molecule has 2 aliphatic heterocycles. The van der Waals surface area contributed by atoms with E-state index in [0.29, 0.717) is 6.42 Å². The lowest BCUT2D eigenvalue weighted by Crippen LogP contribution is -2.57. The van der Waals surface area contributed by atoms with Crippen LogP contribution in [0.25, 0.3) is 0 Å². The summed E-state index contributed by atoms with van der Waals surface area (Å²) in [5.74, 6) is -0.253. The molecule has 1 aromatic carbocycles. The molecule has 0 bridgehead atoms. The molecule has 0 aliphatic carbocycles. The number of amides is 1. The lowest BCUT2D eigenvalue weighted by molar-refractivity contribution is -0.162. The Morgan fingerprint density at radius 2 is 2.10 bits per heavy atom. The predicted molar refractivity (Wildman–Crippen MR) is 76.9 cm³/mol. The molecule has 3 rings (SSSR count). The molecule has 2 fully saturated rings. The van der Waals surface area contributed by atoms with Crippen molar-refractivity contribution < 1.29 is 14.3 Å². The third-order valence-electron chi connectivity index (χ3n) is 3.77. The van der Waals surface area contributed by atoms with Gasteiger partial charge in [-0.2, -0.15) is 0 Å². The summed E-state index contributed by atoms with van der Waals surface area (Å²) >= 11 is 1.68. The Morgan fingerprint density at radius 3 is 2.75 bits per heavy atom. The van der Waals surface area contributed by atoms with Crippen molar-refractivity contribution in [1.82, 2.24) is 4.90 Å². The second-order valence-corrected chi connectivity index (χ2v) is 7.51. The summed E-state index contributed by atoms with van der Waals surface area (Å²) in [6, 6.07) is 9.10. The van der Waals surface area contributed by atoms with E-state index in [1.807, 2.05) is 44.2 Å². The second kappa shape index (κ2) is 4.81. The molecule has 1 amide bonds. The van der Waals surface area contributed by atoms with E-state index in [1.54, 1.807) is 16.7 Å². The Hall–Kier alpha value is -1.49. The normalized spacial score (nSPS) is 26.9. The van der Waals surface area contributed by atoms with E-state index in [1.165, 1.54) is 0 Å². The van der Waals surface area contributed by atoms with Gasteiger partial charge < -0.3 is 9.64 Å². The Balaban J connectivity index is 1.68. The van der Waals surface area contributed by atoms with Crippen LogP contribution in [0.4, 0.5) is 0 Å². The van der Waals surface area contributed by atoms with Crippen LogP contribution in [0.1, 0.15) is 25.8 Å². The van der Waals surface area contributed by atoms with Gasteiger partial charge in [0.15, 0.2) is 0 Å². The number of thioether (sulfide) groups is 1. The minimum absolute atomic E-state index is 0.0507. The Morgan fingerprint density at radius 1 is 1.40 bits per heavy atom. The highest BCUT2D eigenvalue weighted by molar-refractivity contribution is 8.01. The summed E-state index contributed by atoms with van der Waals surface area (Å²) in [5, 5.41) is 0.145. The number of benzene rings is 1. The Kier molecular flexibility index (Phi) is 3.24. The van der Waals surface area contributed by atoms with Crippen molar-refractivity contribution in [1.29, 1.82) is 0 Å². The van der Waals surface area contributed by atoms with Crippen LogP contribution in [-0.4, -0.2) is 32.9 Å². The summed E-state index contributed by atoms with van der Waals surface area (Å²) in [4.78, 5) is 25.7. The summed E-state index contributed by atoms with van der Waals surface area (Å²) in [5.41, 5.74) is 0.954. The highest BCUT2D eigenvalue weighted by atomic mass is 32.2. The largest absolute Gasteiger partial charge is 0.459 e. The molecule has 1 aromatic rings. The minimum atomic E-state index is -0.470. The molecule has 2 atom stereocenters. The quantitative estimate of drug-likeness (QED) is 0.632. The number of nitrogens with zero attached hydrogens (tertiary/aromatic N) is 1. The number of hydrogen-bond acceptors (Lipinski definition) is 4. The van der Waals surface area contributed by atoms with Crippen LogP contribution in [0.3, 0.4) is 0 Å². The van der Waals surface area contributed by atoms with E-state index < -0.39 is 6.04 Å². The first-order valence-corrected chi connectivity index (χ1v) is 7.56. The zero-order valence-corrected chi connectivity index (χ0v) is 12.4. The van der Waals surface area contributed by atoms with Crippen LogP contribution in [-0.2, 0) is 20.9 Å². The third kappa shape index (κ3) is 2.20. The van der Waals surface area contributed by atoms with Crippen LogP contribution in [0.2, 0.25) is 0 Å². The minimum Gasteiger partial charge on any atom is -0.459 e. The third-order valence-corrected chi connectivity index (χ3v) is 5.27. The monoisotopic (exact) mass is 291 g/mol. The van der Waals surface area contributed by atoms with Gasteiger partial charge in [-0.25, -0.2) is 4.79 Å². The maximum atomic E-state index is 12.3. The number of esters is 1. The number of carbonyl (C=O) groups is 2. The molecular formula is C15H17NO3S. The van der Waals surface area contributed by atoms with Gasteiger partial charge in [0.05, 0.1) is 11.8 Å². The SMILES string of the molecule is CC1(C)S[C@@H]2CC(=O)N2C1C(=O)OCc1ccccc1. The summed E-state index contributed by atoms with van der Waals surface area (Å²) < 4.78 is 5.12. The van der Waals surface area contributed by atoms with E-state index in [0.717, 1.165) is 5.56 Å². The van der Waals surface area contributed by atoms with Gasteiger partial charge in [-0.1, -0.05) is 30.3 Å². The van der Waals surface area contributed by atoms with Gasteiger partial charge >= 0.3 is 5.97 Å². The molecule has 20 heavy (non-hydrogen) atoms. The molecule has 5 heteroatoms. The lowest BCUT2D eigenvalue weighted by atomic mass is 9.98. The van der Waals surface area contributed by atoms with Crippen molar-refractivity contribution in [2.24, 2.45) is 0 Å². The predicted octanol–water partition coefficient (Wildman–Crippen LogP) is 2.18. The number of β-lactam (4-membered cyclic amide) rings is 1. The van der Waals surface area contributed by atoms with Gasteiger partial charge in [0.1, 0.15) is 12.6 Å². The number of fused-ring (bicyclic) bond motifs is 1. The van der Waals surface area contributed by atoms with Gasteiger partial charge in [-0.15, -0.1) is 11.8 Å². The van der Waals surface area contributed by atoms with Crippen molar-refractivity contribution in [2.45, 2.75) is 43.0 Å². The first-order chi connectivity index (χ1) is 9.49. The molecule has 1 unspecified atom stereocenters. The highest BCUT2D eigenvalue weighted by Gasteiger charge is 2.59. The van der Waals surface area contributed by atoms with Crippen molar-refractivity contribution in [2.75, 3.05) is 0 Å². The number of hydrogen-bond donors (Lipinski definition) is 0. The Labute approximate surface area is 122 Å². The van der Waals surface area contributed by atoms with Crippen molar-refractivity contribution >= 4 is 23.6 Å². The summed E-state index contributed by atoms with van der Waals surface area (Å²) in [6.45, 7) is 4.25. The molecule has 4 nitrogen and oxygen atoms in total. The van der Waals surface area contributed by atoms with Gasteiger partial charge in [0.25, 0.3) is 0 Å².